The Labute approximate surface area is 190 Å². The van der Waals surface area contributed by atoms with Crippen molar-refractivity contribution >= 4 is 6.03 Å². The molecule has 0 aliphatic carbocycles. The summed E-state index contributed by atoms with van der Waals surface area (Å²) in [6.07, 6.45) is -2.36. The Bertz CT molecular complexity index is 955. The van der Waals surface area contributed by atoms with E-state index in [1.54, 1.807) is 29.2 Å². The van der Waals surface area contributed by atoms with E-state index in [0.717, 1.165) is 31.5 Å². The van der Waals surface area contributed by atoms with Crippen LogP contribution < -0.4 is 10.1 Å². The Hall–Kier alpha value is -2.81. The minimum absolute atomic E-state index is 0.128. The normalized spacial score (nSPS) is 21.2. The number of piperidine rings is 1. The zero-order valence-corrected chi connectivity index (χ0v) is 18.4. The Morgan fingerprint density at radius 2 is 1.64 bits per heavy atom. The number of likely N-dealkylation sites (tertiary alicyclic amines) is 1. The molecule has 2 fully saturated rings. The van der Waals surface area contributed by atoms with Gasteiger partial charge >= 0.3 is 12.4 Å². The Morgan fingerprint density at radius 1 is 1.03 bits per heavy atom. The van der Waals surface area contributed by atoms with E-state index in [-0.39, 0.29) is 35.6 Å². The van der Waals surface area contributed by atoms with Crippen LogP contribution in [0.1, 0.15) is 24.0 Å². The summed E-state index contributed by atoms with van der Waals surface area (Å²) in [5.74, 6) is -0.615. The number of carbonyl (C=O) groups excluding carboxylic acids is 1. The number of carbonyl (C=O) groups is 1. The fourth-order valence-corrected chi connectivity index (χ4v) is 4.86. The standard InChI is InChI=1S/C24H27F4N3O2/c1-30-12-10-23(11-13-30)16-29-22(32)31(21(23)14-17-2-6-19(25)7-3-17)15-18-4-8-20(9-5-18)33-24(26,27)28/h2-9,21H,10-16H2,1H3,(H,29,32). The maximum Gasteiger partial charge on any atom is 0.573 e. The van der Waals surface area contributed by atoms with Crippen molar-refractivity contribution in [1.82, 2.24) is 15.1 Å². The lowest BCUT2D eigenvalue weighted by Gasteiger charge is -2.53. The Morgan fingerprint density at radius 3 is 2.24 bits per heavy atom. The number of hydrogen-bond acceptors (Lipinski definition) is 3. The maximum absolute atomic E-state index is 13.5. The highest BCUT2D eigenvalue weighted by Crippen LogP contribution is 2.41. The third kappa shape index (κ3) is 5.58. The van der Waals surface area contributed by atoms with Gasteiger partial charge in [-0.3, -0.25) is 0 Å². The molecule has 1 unspecified atom stereocenters. The number of ether oxygens (including phenoxy) is 1. The van der Waals surface area contributed by atoms with Gasteiger partial charge in [-0.2, -0.15) is 0 Å². The molecule has 5 nitrogen and oxygen atoms in total. The quantitative estimate of drug-likeness (QED) is 0.658. The van der Waals surface area contributed by atoms with E-state index in [4.69, 9.17) is 0 Å². The van der Waals surface area contributed by atoms with Gasteiger partial charge in [0.1, 0.15) is 11.6 Å². The number of halogens is 4. The van der Waals surface area contributed by atoms with Crippen LogP contribution in [0.2, 0.25) is 0 Å². The smallest absolute Gasteiger partial charge is 0.406 e. The highest BCUT2D eigenvalue weighted by molar-refractivity contribution is 5.76. The first-order valence-corrected chi connectivity index (χ1v) is 11.0. The second-order valence-electron chi connectivity index (χ2n) is 8.99. The van der Waals surface area contributed by atoms with Crippen LogP contribution >= 0.6 is 0 Å². The van der Waals surface area contributed by atoms with E-state index in [1.807, 2.05) is 0 Å². The van der Waals surface area contributed by atoms with Crippen LogP contribution in [0.25, 0.3) is 0 Å². The SMILES string of the molecule is CN1CCC2(CC1)CNC(=O)N(Cc1ccc(OC(F)(F)F)cc1)C2Cc1ccc(F)cc1. The first kappa shape index (κ1) is 23.4. The minimum atomic E-state index is -4.75. The number of hydrogen-bond donors (Lipinski definition) is 1. The van der Waals surface area contributed by atoms with Gasteiger partial charge in [0.15, 0.2) is 0 Å². The van der Waals surface area contributed by atoms with E-state index in [9.17, 15) is 22.4 Å². The molecule has 9 heteroatoms. The van der Waals surface area contributed by atoms with Crippen LogP contribution in [0.5, 0.6) is 5.75 Å². The van der Waals surface area contributed by atoms with Crippen molar-refractivity contribution in [2.24, 2.45) is 5.41 Å². The number of urea groups is 1. The highest BCUT2D eigenvalue weighted by Gasteiger charge is 2.48. The number of benzene rings is 2. The second kappa shape index (κ2) is 9.21. The summed E-state index contributed by atoms with van der Waals surface area (Å²) >= 11 is 0. The molecule has 0 saturated carbocycles. The summed E-state index contributed by atoms with van der Waals surface area (Å²) in [4.78, 5) is 17.0. The number of rotatable bonds is 5. The largest absolute Gasteiger partial charge is 0.573 e. The first-order chi connectivity index (χ1) is 15.6. The molecule has 2 aliphatic heterocycles. The zero-order valence-electron chi connectivity index (χ0n) is 18.4. The van der Waals surface area contributed by atoms with Crippen LogP contribution in [0.3, 0.4) is 0 Å². The van der Waals surface area contributed by atoms with Crippen LogP contribution in [0.4, 0.5) is 22.4 Å². The van der Waals surface area contributed by atoms with Crippen molar-refractivity contribution in [3.05, 3.63) is 65.5 Å². The monoisotopic (exact) mass is 465 g/mol. The van der Waals surface area contributed by atoms with E-state index < -0.39 is 6.36 Å². The molecular formula is C24H27F4N3O2. The molecule has 2 heterocycles. The molecule has 1 N–H and O–H groups in total. The molecule has 178 valence electrons. The third-order valence-corrected chi connectivity index (χ3v) is 6.77. The predicted octanol–water partition coefficient (Wildman–Crippen LogP) is 4.57. The van der Waals surface area contributed by atoms with Crippen molar-refractivity contribution in [3.8, 4) is 5.75 Å². The molecule has 2 amide bonds. The van der Waals surface area contributed by atoms with Crippen LogP contribution in [0.15, 0.2) is 48.5 Å². The Balaban J connectivity index is 1.60. The fourth-order valence-electron chi connectivity index (χ4n) is 4.86. The molecule has 1 atom stereocenters. The van der Waals surface area contributed by atoms with E-state index >= 15 is 0 Å². The van der Waals surface area contributed by atoms with Crippen molar-refractivity contribution in [3.63, 3.8) is 0 Å². The molecule has 2 aromatic carbocycles. The van der Waals surface area contributed by atoms with Gasteiger partial charge in [-0.15, -0.1) is 13.2 Å². The maximum atomic E-state index is 13.5. The van der Waals surface area contributed by atoms with Gasteiger partial charge in [-0.1, -0.05) is 24.3 Å². The Kier molecular flexibility index (Phi) is 6.52. The molecule has 0 bridgehead atoms. The topological polar surface area (TPSA) is 44.8 Å². The second-order valence-corrected chi connectivity index (χ2v) is 8.99. The van der Waals surface area contributed by atoms with Crippen LogP contribution in [-0.2, 0) is 13.0 Å². The van der Waals surface area contributed by atoms with Gasteiger partial charge in [0, 0.05) is 24.5 Å². The first-order valence-electron chi connectivity index (χ1n) is 11.0. The van der Waals surface area contributed by atoms with Crippen LogP contribution in [0, 0.1) is 11.2 Å². The summed E-state index contributed by atoms with van der Waals surface area (Å²) < 4.78 is 54.8. The van der Waals surface area contributed by atoms with Crippen LogP contribution in [-0.4, -0.2) is 54.9 Å². The molecular weight excluding hydrogens is 438 g/mol. The minimum Gasteiger partial charge on any atom is -0.406 e. The summed E-state index contributed by atoms with van der Waals surface area (Å²) in [7, 11) is 2.07. The predicted molar refractivity (Wildman–Crippen MR) is 115 cm³/mol. The number of nitrogens with one attached hydrogen (secondary N) is 1. The van der Waals surface area contributed by atoms with Gasteiger partial charge in [0.2, 0.25) is 0 Å². The number of nitrogens with zero attached hydrogens (tertiary/aromatic N) is 2. The van der Waals surface area contributed by atoms with Gasteiger partial charge in [0.25, 0.3) is 0 Å². The molecule has 0 aromatic heterocycles. The molecule has 2 saturated heterocycles. The van der Waals surface area contributed by atoms with Crippen molar-refractivity contribution in [1.29, 1.82) is 0 Å². The molecule has 2 aromatic rings. The molecule has 2 aliphatic rings. The summed E-state index contributed by atoms with van der Waals surface area (Å²) in [6, 6.07) is 11.6. The third-order valence-electron chi connectivity index (χ3n) is 6.77. The molecule has 33 heavy (non-hydrogen) atoms. The number of alkyl halides is 3. The number of amides is 2. The molecule has 1 spiro atoms. The van der Waals surface area contributed by atoms with Crippen molar-refractivity contribution in [2.45, 2.75) is 38.2 Å². The van der Waals surface area contributed by atoms with Gasteiger partial charge < -0.3 is 19.9 Å². The van der Waals surface area contributed by atoms with Gasteiger partial charge in [0.05, 0.1) is 0 Å². The fraction of sp³-hybridized carbons (Fsp3) is 0.458. The average molecular weight is 465 g/mol. The average Bonchev–Trinajstić information content (AvgIpc) is 2.77. The molecule has 4 rings (SSSR count). The lowest BCUT2D eigenvalue weighted by atomic mass is 9.68. The summed E-state index contributed by atoms with van der Waals surface area (Å²) in [5, 5.41) is 3.03. The van der Waals surface area contributed by atoms with E-state index in [2.05, 4.69) is 22.0 Å². The van der Waals surface area contributed by atoms with Crippen molar-refractivity contribution < 1.29 is 27.1 Å². The molecule has 0 radical (unpaired) electrons. The van der Waals surface area contributed by atoms with Crippen molar-refractivity contribution in [2.75, 3.05) is 26.7 Å². The lowest BCUT2D eigenvalue weighted by Crippen LogP contribution is -2.65. The lowest BCUT2D eigenvalue weighted by molar-refractivity contribution is -0.274. The summed E-state index contributed by atoms with van der Waals surface area (Å²) in [5.41, 5.74) is 1.50. The van der Waals surface area contributed by atoms with Gasteiger partial charge in [-0.25, -0.2) is 9.18 Å². The summed E-state index contributed by atoms with van der Waals surface area (Å²) in [6.45, 7) is 2.64. The van der Waals surface area contributed by atoms with Gasteiger partial charge in [-0.05, 0) is 74.8 Å². The van der Waals surface area contributed by atoms with E-state index in [0.29, 0.717) is 18.5 Å². The highest BCUT2D eigenvalue weighted by atomic mass is 19.4. The van der Waals surface area contributed by atoms with E-state index in [1.165, 1.54) is 24.3 Å². The zero-order chi connectivity index (χ0) is 23.6.